The van der Waals surface area contributed by atoms with Gasteiger partial charge >= 0.3 is 0 Å². The standard InChI is InChI=1S/C13H19ClN2O3S/c1-13(4-6-19-7-5-13)9-16-20(17,18)12-3-2-10(14)8-11(12)15/h2-3,8,16H,4-7,9,15H2,1H3. The number of nitrogen functional groups attached to an aromatic ring is 1. The molecule has 0 amide bonds. The van der Waals surface area contributed by atoms with Gasteiger partial charge in [-0.25, -0.2) is 13.1 Å². The lowest BCUT2D eigenvalue weighted by Gasteiger charge is -2.33. The van der Waals surface area contributed by atoms with Crippen molar-refractivity contribution in [3.63, 3.8) is 0 Å². The van der Waals surface area contributed by atoms with Gasteiger partial charge in [-0.1, -0.05) is 18.5 Å². The highest BCUT2D eigenvalue weighted by Gasteiger charge is 2.29. The van der Waals surface area contributed by atoms with Gasteiger partial charge in [-0.3, -0.25) is 0 Å². The second-order valence-electron chi connectivity index (χ2n) is 5.43. The molecule has 0 bridgehead atoms. The van der Waals surface area contributed by atoms with Gasteiger partial charge in [-0.15, -0.1) is 0 Å². The number of sulfonamides is 1. The van der Waals surface area contributed by atoms with Gasteiger partial charge in [0.2, 0.25) is 10.0 Å². The Hall–Kier alpha value is -0.820. The number of hydrogen-bond acceptors (Lipinski definition) is 4. The molecule has 2 rings (SSSR count). The Labute approximate surface area is 124 Å². The fourth-order valence-corrected chi connectivity index (χ4v) is 3.64. The van der Waals surface area contributed by atoms with E-state index in [4.69, 9.17) is 22.1 Å². The van der Waals surface area contributed by atoms with Crippen molar-refractivity contribution >= 4 is 27.3 Å². The predicted octanol–water partition coefficient (Wildman–Crippen LogP) is 2.02. The second kappa shape index (κ2) is 5.89. The Morgan fingerprint density at radius 1 is 1.40 bits per heavy atom. The average Bonchev–Trinajstić information content (AvgIpc) is 2.37. The highest BCUT2D eigenvalue weighted by atomic mass is 35.5. The van der Waals surface area contributed by atoms with Crippen LogP contribution in [0.5, 0.6) is 0 Å². The van der Waals surface area contributed by atoms with E-state index in [-0.39, 0.29) is 16.0 Å². The zero-order valence-electron chi connectivity index (χ0n) is 11.4. The number of nitrogens with two attached hydrogens (primary N) is 1. The Bertz CT molecular complexity index is 583. The molecule has 1 saturated heterocycles. The van der Waals surface area contributed by atoms with Crippen LogP contribution in [-0.4, -0.2) is 28.2 Å². The van der Waals surface area contributed by atoms with E-state index in [1.807, 2.05) is 0 Å². The average molecular weight is 319 g/mol. The van der Waals surface area contributed by atoms with Gasteiger partial charge in [0.1, 0.15) is 4.90 Å². The number of hydrogen-bond donors (Lipinski definition) is 2. The van der Waals surface area contributed by atoms with Crippen molar-refractivity contribution in [3.8, 4) is 0 Å². The topological polar surface area (TPSA) is 81.4 Å². The summed E-state index contributed by atoms with van der Waals surface area (Å²) in [4.78, 5) is 0.0672. The summed E-state index contributed by atoms with van der Waals surface area (Å²) >= 11 is 5.78. The number of nitrogens with one attached hydrogen (secondary N) is 1. The lowest BCUT2D eigenvalue weighted by molar-refractivity contribution is 0.0265. The van der Waals surface area contributed by atoms with Crippen molar-refractivity contribution in [2.45, 2.75) is 24.7 Å². The molecule has 0 saturated carbocycles. The van der Waals surface area contributed by atoms with Crippen LogP contribution in [0.1, 0.15) is 19.8 Å². The molecule has 1 aliphatic rings. The van der Waals surface area contributed by atoms with Gasteiger partial charge in [0.25, 0.3) is 0 Å². The molecular formula is C13H19ClN2O3S. The summed E-state index contributed by atoms with van der Waals surface area (Å²) < 4.78 is 32.5. The van der Waals surface area contributed by atoms with Gasteiger partial charge in [0, 0.05) is 24.8 Å². The fraction of sp³-hybridized carbons (Fsp3) is 0.538. The van der Waals surface area contributed by atoms with Gasteiger partial charge in [-0.05, 0) is 36.5 Å². The van der Waals surface area contributed by atoms with Crippen LogP contribution in [0.3, 0.4) is 0 Å². The van der Waals surface area contributed by atoms with Crippen LogP contribution < -0.4 is 10.5 Å². The van der Waals surface area contributed by atoms with Crippen LogP contribution in [0.15, 0.2) is 23.1 Å². The Morgan fingerprint density at radius 3 is 2.65 bits per heavy atom. The van der Waals surface area contributed by atoms with Gasteiger partial charge in [0.15, 0.2) is 0 Å². The summed E-state index contributed by atoms with van der Waals surface area (Å²) in [6.45, 7) is 3.77. The minimum absolute atomic E-state index is 0.0672. The van der Waals surface area contributed by atoms with Crippen molar-refractivity contribution < 1.29 is 13.2 Å². The number of benzene rings is 1. The molecule has 0 atom stereocenters. The normalized spacial score (nSPS) is 18.9. The lowest BCUT2D eigenvalue weighted by Crippen LogP contribution is -2.39. The molecule has 0 aliphatic carbocycles. The molecule has 0 radical (unpaired) electrons. The van der Waals surface area contributed by atoms with E-state index in [9.17, 15) is 8.42 Å². The molecule has 1 aromatic rings. The maximum Gasteiger partial charge on any atom is 0.242 e. The molecule has 7 heteroatoms. The van der Waals surface area contributed by atoms with Crippen molar-refractivity contribution in [1.29, 1.82) is 0 Å². The summed E-state index contributed by atoms with van der Waals surface area (Å²) in [5, 5.41) is 0.415. The predicted molar refractivity (Wildman–Crippen MR) is 79.2 cm³/mol. The molecule has 20 heavy (non-hydrogen) atoms. The zero-order chi connectivity index (χ0) is 14.8. The van der Waals surface area contributed by atoms with Crippen LogP contribution in [-0.2, 0) is 14.8 Å². The van der Waals surface area contributed by atoms with E-state index in [1.54, 1.807) is 0 Å². The van der Waals surface area contributed by atoms with E-state index >= 15 is 0 Å². The molecular weight excluding hydrogens is 300 g/mol. The first-order valence-corrected chi connectivity index (χ1v) is 8.31. The molecule has 0 unspecified atom stereocenters. The minimum Gasteiger partial charge on any atom is -0.398 e. The number of rotatable bonds is 4. The van der Waals surface area contributed by atoms with Crippen molar-refractivity contribution in [2.75, 3.05) is 25.5 Å². The molecule has 1 heterocycles. The summed E-state index contributed by atoms with van der Waals surface area (Å²) in [7, 11) is -3.62. The van der Waals surface area contributed by atoms with E-state index in [0.29, 0.717) is 24.8 Å². The van der Waals surface area contributed by atoms with E-state index in [2.05, 4.69) is 11.6 Å². The fourth-order valence-electron chi connectivity index (χ4n) is 2.15. The number of anilines is 1. The molecule has 112 valence electrons. The summed E-state index contributed by atoms with van der Waals surface area (Å²) in [5.41, 5.74) is 5.80. The Balaban J connectivity index is 2.11. The maximum atomic E-state index is 12.3. The molecule has 1 aliphatic heterocycles. The zero-order valence-corrected chi connectivity index (χ0v) is 12.9. The Morgan fingerprint density at radius 2 is 2.05 bits per heavy atom. The van der Waals surface area contributed by atoms with Gasteiger partial charge < -0.3 is 10.5 Å². The van der Waals surface area contributed by atoms with E-state index in [1.165, 1.54) is 18.2 Å². The first kappa shape index (κ1) is 15.6. The third-order valence-electron chi connectivity index (χ3n) is 3.65. The van der Waals surface area contributed by atoms with Gasteiger partial charge in [-0.2, -0.15) is 0 Å². The summed E-state index contributed by atoms with van der Waals surface area (Å²) in [5.74, 6) is 0. The summed E-state index contributed by atoms with van der Waals surface area (Å²) in [6.07, 6.45) is 1.68. The molecule has 5 nitrogen and oxygen atoms in total. The van der Waals surface area contributed by atoms with E-state index in [0.717, 1.165) is 12.8 Å². The smallest absolute Gasteiger partial charge is 0.242 e. The maximum absolute atomic E-state index is 12.3. The van der Waals surface area contributed by atoms with E-state index < -0.39 is 10.0 Å². The third-order valence-corrected chi connectivity index (χ3v) is 5.36. The quantitative estimate of drug-likeness (QED) is 0.832. The van der Waals surface area contributed by atoms with Crippen molar-refractivity contribution in [3.05, 3.63) is 23.2 Å². The lowest BCUT2D eigenvalue weighted by atomic mass is 9.83. The van der Waals surface area contributed by atoms with Crippen LogP contribution in [0.4, 0.5) is 5.69 Å². The van der Waals surface area contributed by atoms with Crippen LogP contribution >= 0.6 is 11.6 Å². The molecule has 0 spiro atoms. The van der Waals surface area contributed by atoms with Crippen LogP contribution in [0.25, 0.3) is 0 Å². The number of ether oxygens (including phenoxy) is 1. The first-order valence-electron chi connectivity index (χ1n) is 6.45. The van der Waals surface area contributed by atoms with Crippen LogP contribution in [0.2, 0.25) is 5.02 Å². The second-order valence-corrected chi connectivity index (χ2v) is 7.60. The molecule has 0 aromatic heterocycles. The number of halogens is 1. The third kappa shape index (κ3) is 3.63. The summed E-state index contributed by atoms with van der Waals surface area (Å²) in [6, 6.07) is 4.38. The first-order chi connectivity index (χ1) is 9.32. The molecule has 3 N–H and O–H groups in total. The highest BCUT2D eigenvalue weighted by molar-refractivity contribution is 7.89. The molecule has 1 fully saturated rings. The highest BCUT2D eigenvalue weighted by Crippen LogP contribution is 2.30. The largest absolute Gasteiger partial charge is 0.398 e. The SMILES string of the molecule is CC1(CNS(=O)(=O)c2ccc(Cl)cc2N)CCOCC1. The monoisotopic (exact) mass is 318 g/mol. The molecule has 1 aromatic carbocycles. The van der Waals surface area contributed by atoms with Crippen LogP contribution in [0, 0.1) is 5.41 Å². The minimum atomic E-state index is -3.62. The van der Waals surface area contributed by atoms with Crippen molar-refractivity contribution in [1.82, 2.24) is 4.72 Å². The van der Waals surface area contributed by atoms with Gasteiger partial charge in [0.05, 0.1) is 5.69 Å². The van der Waals surface area contributed by atoms with Crippen molar-refractivity contribution in [2.24, 2.45) is 5.41 Å². The Kier molecular flexibility index (Phi) is 4.59.